The number of ether oxygens (including phenoxy) is 1. The van der Waals surface area contributed by atoms with Crippen LogP contribution in [-0.2, 0) is 4.79 Å². The van der Waals surface area contributed by atoms with Crippen LogP contribution in [0.4, 0.5) is 10.2 Å². The highest BCUT2D eigenvalue weighted by Gasteiger charge is 2.15. The van der Waals surface area contributed by atoms with Gasteiger partial charge in [-0.2, -0.15) is 0 Å². The van der Waals surface area contributed by atoms with Gasteiger partial charge in [-0.25, -0.2) is 14.4 Å². The average molecular weight is 461 g/mol. The van der Waals surface area contributed by atoms with Crippen LogP contribution < -0.4 is 10.1 Å². The van der Waals surface area contributed by atoms with Crippen LogP contribution in [0.1, 0.15) is 5.56 Å². The summed E-state index contributed by atoms with van der Waals surface area (Å²) >= 11 is 1.47. The molecule has 2 N–H and O–H groups in total. The predicted octanol–water partition coefficient (Wildman–Crippen LogP) is 5.66. The Hall–Kier alpha value is -3.91. The third kappa shape index (κ3) is 5.48. The van der Waals surface area contributed by atoms with Gasteiger partial charge in [0.2, 0.25) is 5.91 Å². The molecular formula is C25H21FN4O2S. The Labute approximate surface area is 194 Å². The van der Waals surface area contributed by atoms with Crippen LogP contribution in [0.25, 0.3) is 28.6 Å². The maximum atomic E-state index is 13.4. The second-order valence-corrected chi connectivity index (χ2v) is 7.80. The SMILES string of the molecule is COc1ccc(/C=C/C(=O)Nc2cc(-c3nc(SC)[nH]c3-c3ccc(F)cc3)ccn2)cc1. The number of nitrogens with zero attached hydrogens (tertiary/aromatic N) is 2. The number of rotatable bonds is 7. The molecule has 8 heteroatoms. The van der Waals surface area contributed by atoms with E-state index in [0.717, 1.165) is 33.3 Å². The second kappa shape index (κ2) is 10.1. The summed E-state index contributed by atoms with van der Waals surface area (Å²) in [5.41, 5.74) is 3.91. The van der Waals surface area contributed by atoms with E-state index in [4.69, 9.17) is 4.74 Å². The summed E-state index contributed by atoms with van der Waals surface area (Å²) < 4.78 is 18.5. The number of thioether (sulfide) groups is 1. The average Bonchev–Trinajstić information content (AvgIpc) is 3.28. The van der Waals surface area contributed by atoms with Crippen molar-refractivity contribution in [2.75, 3.05) is 18.7 Å². The van der Waals surface area contributed by atoms with Gasteiger partial charge < -0.3 is 15.0 Å². The smallest absolute Gasteiger partial charge is 0.249 e. The first-order chi connectivity index (χ1) is 16.1. The second-order valence-electron chi connectivity index (χ2n) is 7.00. The molecule has 0 radical (unpaired) electrons. The molecule has 6 nitrogen and oxygen atoms in total. The van der Waals surface area contributed by atoms with Crippen LogP contribution in [0, 0.1) is 5.82 Å². The van der Waals surface area contributed by atoms with Gasteiger partial charge in [0.05, 0.1) is 18.5 Å². The zero-order chi connectivity index (χ0) is 23.2. The third-order valence-electron chi connectivity index (χ3n) is 4.84. The van der Waals surface area contributed by atoms with E-state index in [-0.39, 0.29) is 11.7 Å². The number of benzene rings is 2. The summed E-state index contributed by atoms with van der Waals surface area (Å²) in [6.45, 7) is 0. The summed E-state index contributed by atoms with van der Waals surface area (Å²) in [5, 5.41) is 3.51. The van der Waals surface area contributed by atoms with Crippen molar-refractivity contribution in [3.8, 4) is 28.3 Å². The van der Waals surface area contributed by atoms with E-state index in [1.165, 1.54) is 30.0 Å². The van der Waals surface area contributed by atoms with Crippen molar-refractivity contribution in [2.24, 2.45) is 0 Å². The number of aromatic nitrogens is 3. The highest BCUT2D eigenvalue weighted by atomic mass is 32.2. The molecule has 0 aliphatic heterocycles. The molecule has 0 aliphatic rings. The zero-order valence-electron chi connectivity index (χ0n) is 18.0. The Morgan fingerprint density at radius 1 is 1.09 bits per heavy atom. The first-order valence-electron chi connectivity index (χ1n) is 10.0. The minimum absolute atomic E-state index is 0.304. The van der Waals surface area contributed by atoms with Gasteiger partial charge in [0.15, 0.2) is 5.16 Å². The molecular weight excluding hydrogens is 439 g/mol. The van der Waals surface area contributed by atoms with Crippen LogP contribution >= 0.6 is 11.8 Å². The van der Waals surface area contributed by atoms with Crippen molar-refractivity contribution in [3.63, 3.8) is 0 Å². The number of aromatic amines is 1. The van der Waals surface area contributed by atoms with Crippen molar-refractivity contribution in [2.45, 2.75) is 5.16 Å². The van der Waals surface area contributed by atoms with Crippen molar-refractivity contribution >= 4 is 29.6 Å². The quantitative estimate of drug-likeness (QED) is 0.275. The number of methoxy groups -OCH3 is 1. The lowest BCUT2D eigenvalue weighted by molar-refractivity contribution is -0.111. The largest absolute Gasteiger partial charge is 0.497 e. The number of carbonyl (C=O) groups excluding carboxylic acids is 1. The molecule has 4 aromatic rings. The fourth-order valence-electron chi connectivity index (χ4n) is 3.18. The van der Waals surface area contributed by atoms with Crippen molar-refractivity contribution in [1.82, 2.24) is 15.0 Å². The molecule has 0 saturated heterocycles. The Morgan fingerprint density at radius 3 is 2.55 bits per heavy atom. The van der Waals surface area contributed by atoms with E-state index in [2.05, 4.69) is 20.3 Å². The van der Waals surface area contributed by atoms with E-state index >= 15 is 0 Å². The number of H-pyrrole nitrogens is 1. The Kier molecular flexibility index (Phi) is 6.85. The maximum Gasteiger partial charge on any atom is 0.249 e. The van der Waals surface area contributed by atoms with E-state index in [9.17, 15) is 9.18 Å². The summed E-state index contributed by atoms with van der Waals surface area (Å²) in [6.07, 6.45) is 6.69. The predicted molar refractivity (Wildman–Crippen MR) is 130 cm³/mol. The Morgan fingerprint density at radius 2 is 1.85 bits per heavy atom. The van der Waals surface area contributed by atoms with E-state index in [1.807, 2.05) is 36.6 Å². The molecule has 0 bridgehead atoms. The number of nitrogens with one attached hydrogen (secondary N) is 2. The van der Waals surface area contributed by atoms with Gasteiger partial charge in [-0.3, -0.25) is 4.79 Å². The molecule has 0 spiro atoms. The van der Waals surface area contributed by atoms with E-state index < -0.39 is 0 Å². The molecule has 166 valence electrons. The van der Waals surface area contributed by atoms with Crippen LogP contribution in [0.15, 0.2) is 78.1 Å². The van der Waals surface area contributed by atoms with Gasteiger partial charge in [-0.15, -0.1) is 0 Å². The van der Waals surface area contributed by atoms with Gasteiger partial charge >= 0.3 is 0 Å². The zero-order valence-corrected chi connectivity index (χ0v) is 18.8. The molecule has 0 unspecified atom stereocenters. The highest BCUT2D eigenvalue weighted by molar-refractivity contribution is 7.98. The Bertz CT molecular complexity index is 1280. The first kappa shape index (κ1) is 22.3. The summed E-state index contributed by atoms with van der Waals surface area (Å²) in [7, 11) is 1.60. The molecule has 0 atom stereocenters. The normalized spacial score (nSPS) is 11.0. The summed E-state index contributed by atoms with van der Waals surface area (Å²) in [5.74, 6) is 0.541. The molecule has 2 aromatic heterocycles. The van der Waals surface area contributed by atoms with Gasteiger partial charge in [0.25, 0.3) is 0 Å². The minimum atomic E-state index is -0.305. The topological polar surface area (TPSA) is 79.9 Å². The van der Waals surface area contributed by atoms with Gasteiger partial charge in [-0.1, -0.05) is 23.9 Å². The molecule has 4 rings (SSSR count). The lowest BCUT2D eigenvalue weighted by Crippen LogP contribution is -2.09. The number of imidazole rings is 1. The number of hydrogen-bond donors (Lipinski definition) is 2. The van der Waals surface area contributed by atoms with Crippen molar-refractivity contribution < 1.29 is 13.9 Å². The summed E-state index contributed by atoms with van der Waals surface area (Å²) in [6, 6.07) is 17.2. The van der Waals surface area contributed by atoms with Gasteiger partial charge in [0.1, 0.15) is 17.4 Å². The molecule has 0 fully saturated rings. The van der Waals surface area contributed by atoms with Crippen molar-refractivity contribution in [3.05, 3.63) is 84.3 Å². The van der Waals surface area contributed by atoms with Crippen molar-refractivity contribution in [1.29, 1.82) is 0 Å². The molecule has 0 aliphatic carbocycles. The lowest BCUT2D eigenvalue weighted by Gasteiger charge is -2.06. The molecule has 33 heavy (non-hydrogen) atoms. The number of amides is 1. The summed E-state index contributed by atoms with van der Waals surface area (Å²) in [4.78, 5) is 24.6. The Balaban J connectivity index is 1.55. The first-order valence-corrected chi connectivity index (χ1v) is 11.3. The third-order valence-corrected chi connectivity index (χ3v) is 5.42. The number of anilines is 1. The molecule has 2 aromatic carbocycles. The number of pyridine rings is 1. The standard InChI is InChI=1S/C25H21FN4O2S/c1-32-20-10-3-16(4-11-20)5-12-22(31)28-21-15-18(13-14-27-21)24-23(29-25(30-24)33-2)17-6-8-19(26)9-7-17/h3-15H,1-2H3,(H,29,30)(H,27,28,31)/b12-5+. The van der Waals surface area contributed by atoms with Crippen LogP contribution in [-0.4, -0.2) is 34.2 Å². The number of carbonyl (C=O) groups is 1. The fourth-order valence-corrected chi connectivity index (χ4v) is 3.57. The molecule has 2 heterocycles. The van der Waals surface area contributed by atoms with E-state index in [1.54, 1.807) is 37.6 Å². The number of hydrogen-bond acceptors (Lipinski definition) is 5. The lowest BCUT2D eigenvalue weighted by atomic mass is 10.1. The van der Waals surface area contributed by atoms with Gasteiger partial charge in [0, 0.05) is 23.4 Å². The maximum absolute atomic E-state index is 13.4. The van der Waals surface area contributed by atoms with E-state index in [0.29, 0.717) is 11.5 Å². The fraction of sp³-hybridized carbons (Fsp3) is 0.0800. The minimum Gasteiger partial charge on any atom is -0.497 e. The number of halogens is 1. The molecule has 0 saturated carbocycles. The highest BCUT2D eigenvalue weighted by Crippen LogP contribution is 2.33. The van der Waals surface area contributed by atoms with Crippen LogP contribution in [0.2, 0.25) is 0 Å². The van der Waals surface area contributed by atoms with Gasteiger partial charge in [-0.05, 0) is 66.4 Å². The monoisotopic (exact) mass is 460 g/mol. The molecule has 1 amide bonds. The van der Waals surface area contributed by atoms with Crippen LogP contribution in [0.3, 0.4) is 0 Å². The van der Waals surface area contributed by atoms with Crippen LogP contribution in [0.5, 0.6) is 5.75 Å².